The highest BCUT2D eigenvalue weighted by atomic mass is 16.5. The molecule has 6 heteroatoms. The van der Waals surface area contributed by atoms with Crippen LogP contribution >= 0.6 is 0 Å². The second-order valence-electron chi connectivity index (χ2n) is 7.08. The Balaban J connectivity index is 1.45. The van der Waals surface area contributed by atoms with Crippen molar-refractivity contribution in [3.05, 3.63) is 54.1 Å². The minimum atomic E-state index is 0.335. The van der Waals surface area contributed by atoms with Gasteiger partial charge in [-0.25, -0.2) is 0 Å². The average molecular weight is 335 g/mol. The lowest BCUT2D eigenvalue weighted by Gasteiger charge is -2.24. The Morgan fingerprint density at radius 2 is 2.08 bits per heavy atom. The van der Waals surface area contributed by atoms with Gasteiger partial charge in [0, 0.05) is 31.2 Å². The van der Waals surface area contributed by atoms with Gasteiger partial charge >= 0.3 is 0 Å². The molecule has 0 bridgehead atoms. The highest BCUT2D eigenvalue weighted by Gasteiger charge is 2.46. The van der Waals surface area contributed by atoms with E-state index in [-0.39, 0.29) is 0 Å². The van der Waals surface area contributed by atoms with Crippen molar-refractivity contribution in [2.75, 3.05) is 6.54 Å². The average Bonchev–Trinajstić information content (AvgIpc) is 3.39. The SMILES string of the molecule is Cn1cc(-c2nc([C@H]3C[C@@H](c4ccccc4)N4CCC[C@H]34)no2)cn1. The zero-order chi connectivity index (χ0) is 16.8. The molecule has 0 saturated carbocycles. The lowest BCUT2D eigenvalue weighted by Crippen LogP contribution is -2.27. The topological polar surface area (TPSA) is 60.0 Å². The van der Waals surface area contributed by atoms with Crippen LogP contribution in [0, 0.1) is 0 Å². The molecule has 2 aromatic heterocycles. The van der Waals surface area contributed by atoms with Gasteiger partial charge in [-0.1, -0.05) is 35.5 Å². The van der Waals surface area contributed by atoms with Gasteiger partial charge in [-0.15, -0.1) is 0 Å². The normalized spacial score (nSPS) is 26.2. The maximum absolute atomic E-state index is 5.53. The van der Waals surface area contributed by atoms with Crippen molar-refractivity contribution in [2.45, 2.75) is 37.3 Å². The fourth-order valence-corrected chi connectivity index (χ4v) is 4.48. The number of hydrogen-bond acceptors (Lipinski definition) is 5. The Bertz CT molecular complexity index is 871. The van der Waals surface area contributed by atoms with E-state index in [1.165, 1.54) is 18.4 Å². The molecule has 1 aromatic carbocycles. The fraction of sp³-hybridized carbons (Fsp3) is 0.421. The van der Waals surface area contributed by atoms with E-state index in [0.717, 1.165) is 24.4 Å². The highest BCUT2D eigenvalue weighted by molar-refractivity contribution is 5.49. The van der Waals surface area contributed by atoms with Gasteiger partial charge in [0.25, 0.3) is 5.89 Å². The van der Waals surface area contributed by atoms with Crippen molar-refractivity contribution in [1.82, 2.24) is 24.8 Å². The molecule has 5 rings (SSSR count). The van der Waals surface area contributed by atoms with E-state index >= 15 is 0 Å². The van der Waals surface area contributed by atoms with Crippen LogP contribution in [0.1, 0.15) is 42.6 Å². The summed E-state index contributed by atoms with van der Waals surface area (Å²) < 4.78 is 7.28. The Hall–Kier alpha value is -2.47. The van der Waals surface area contributed by atoms with Gasteiger partial charge in [-0.05, 0) is 31.4 Å². The van der Waals surface area contributed by atoms with E-state index in [2.05, 4.69) is 45.5 Å². The molecule has 25 heavy (non-hydrogen) atoms. The van der Waals surface area contributed by atoms with Gasteiger partial charge in [0.1, 0.15) is 0 Å². The molecule has 2 aliphatic rings. The van der Waals surface area contributed by atoms with E-state index in [0.29, 0.717) is 23.9 Å². The van der Waals surface area contributed by atoms with Crippen molar-refractivity contribution in [3.63, 3.8) is 0 Å². The summed E-state index contributed by atoms with van der Waals surface area (Å²) in [6.07, 6.45) is 7.18. The summed E-state index contributed by atoms with van der Waals surface area (Å²) in [6, 6.07) is 11.8. The number of aromatic nitrogens is 4. The molecule has 0 N–H and O–H groups in total. The number of nitrogens with zero attached hydrogens (tertiary/aromatic N) is 5. The molecule has 0 spiro atoms. The van der Waals surface area contributed by atoms with Crippen molar-refractivity contribution in [2.24, 2.45) is 7.05 Å². The van der Waals surface area contributed by atoms with Crippen LogP contribution in [0.15, 0.2) is 47.2 Å². The fourth-order valence-electron chi connectivity index (χ4n) is 4.48. The monoisotopic (exact) mass is 335 g/mol. The first kappa shape index (κ1) is 14.8. The van der Waals surface area contributed by atoms with Crippen LogP contribution in [-0.2, 0) is 7.05 Å². The molecule has 3 aromatic rings. The quantitative estimate of drug-likeness (QED) is 0.736. The summed E-state index contributed by atoms with van der Waals surface area (Å²) in [5, 5.41) is 8.51. The zero-order valence-electron chi connectivity index (χ0n) is 14.2. The number of fused-ring (bicyclic) bond motifs is 1. The Morgan fingerprint density at radius 1 is 1.20 bits per heavy atom. The lowest BCUT2D eigenvalue weighted by molar-refractivity contribution is 0.243. The van der Waals surface area contributed by atoms with Gasteiger partial charge in [0.15, 0.2) is 5.82 Å². The summed E-state index contributed by atoms with van der Waals surface area (Å²) in [5.41, 5.74) is 2.27. The van der Waals surface area contributed by atoms with Gasteiger partial charge < -0.3 is 4.52 Å². The standard InChI is InChI=1S/C19H21N5O/c1-23-12-14(11-20-23)19-21-18(22-25-19)15-10-17(13-6-3-2-4-7-13)24-9-5-8-16(15)24/h2-4,6-7,11-12,15-17H,5,8-10H2,1H3/t15-,16+,17-/m0/s1. The maximum Gasteiger partial charge on any atom is 0.261 e. The van der Waals surface area contributed by atoms with Gasteiger partial charge in [0.2, 0.25) is 0 Å². The van der Waals surface area contributed by atoms with Crippen LogP contribution in [-0.4, -0.2) is 37.4 Å². The van der Waals surface area contributed by atoms with Crippen LogP contribution in [0.4, 0.5) is 0 Å². The van der Waals surface area contributed by atoms with E-state index in [4.69, 9.17) is 9.51 Å². The van der Waals surface area contributed by atoms with E-state index in [1.54, 1.807) is 10.9 Å². The Morgan fingerprint density at radius 3 is 2.88 bits per heavy atom. The molecular weight excluding hydrogens is 314 g/mol. The smallest absolute Gasteiger partial charge is 0.261 e. The predicted octanol–water partition coefficient (Wildman–Crippen LogP) is 3.16. The van der Waals surface area contributed by atoms with Crippen LogP contribution in [0.3, 0.4) is 0 Å². The summed E-state index contributed by atoms with van der Waals surface area (Å²) >= 11 is 0. The summed E-state index contributed by atoms with van der Waals surface area (Å²) in [5.74, 6) is 1.74. The minimum Gasteiger partial charge on any atom is -0.334 e. The highest BCUT2D eigenvalue weighted by Crippen LogP contribution is 2.48. The number of rotatable bonds is 3. The molecule has 2 fully saturated rings. The number of aryl methyl sites for hydroxylation is 1. The molecule has 2 saturated heterocycles. The summed E-state index contributed by atoms with van der Waals surface area (Å²) in [6.45, 7) is 1.16. The number of hydrogen-bond donors (Lipinski definition) is 0. The van der Waals surface area contributed by atoms with E-state index in [1.807, 2.05) is 13.2 Å². The molecule has 0 unspecified atom stereocenters. The van der Waals surface area contributed by atoms with Crippen molar-refractivity contribution >= 4 is 0 Å². The molecule has 4 heterocycles. The third-order valence-corrected chi connectivity index (χ3v) is 5.59. The largest absolute Gasteiger partial charge is 0.334 e. The van der Waals surface area contributed by atoms with E-state index < -0.39 is 0 Å². The molecule has 0 radical (unpaired) electrons. The molecular formula is C19H21N5O. The first-order chi connectivity index (χ1) is 12.3. The van der Waals surface area contributed by atoms with Crippen LogP contribution in [0.25, 0.3) is 11.5 Å². The van der Waals surface area contributed by atoms with Crippen molar-refractivity contribution in [1.29, 1.82) is 0 Å². The van der Waals surface area contributed by atoms with Crippen LogP contribution in [0.2, 0.25) is 0 Å². The Labute approximate surface area is 146 Å². The molecule has 6 nitrogen and oxygen atoms in total. The van der Waals surface area contributed by atoms with E-state index in [9.17, 15) is 0 Å². The summed E-state index contributed by atoms with van der Waals surface area (Å²) in [7, 11) is 1.89. The summed E-state index contributed by atoms with van der Waals surface area (Å²) in [4.78, 5) is 7.35. The van der Waals surface area contributed by atoms with Crippen molar-refractivity contribution < 1.29 is 4.52 Å². The molecule has 2 aliphatic heterocycles. The van der Waals surface area contributed by atoms with Crippen LogP contribution in [0.5, 0.6) is 0 Å². The van der Waals surface area contributed by atoms with Crippen LogP contribution < -0.4 is 0 Å². The molecule has 0 aliphatic carbocycles. The van der Waals surface area contributed by atoms with Gasteiger partial charge in [-0.3, -0.25) is 9.58 Å². The first-order valence-electron chi connectivity index (χ1n) is 8.93. The minimum absolute atomic E-state index is 0.335. The first-order valence-corrected chi connectivity index (χ1v) is 8.93. The second kappa shape index (κ2) is 5.81. The zero-order valence-corrected chi connectivity index (χ0v) is 14.2. The van der Waals surface area contributed by atoms with Gasteiger partial charge in [-0.2, -0.15) is 10.1 Å². The molecule has 3 atom stereocenters. The third-order valence-electron chi connectivity index (χ3n) is 5.59. The lowest BCUT2D eigenvalue weighted by atomic mass is 9.94. The maximum atomic E-state index is 5.53. The Kier molecular flexibility index (Phi) is 3.45. The predicted molar refractivity (Wildman–Crippen MR) is 92.8 cm³/mol. The van der Waals surface area contributed by atoms with Gasteiger partial charge in [0.05, 0.1) is 11.8 Å². The molecule has 0 amide bonds. The number of benzene rings is 1. The van der Waals surface area contributed by atoms with Crippen molar-refractivity contribution in [3.8, 4) is 11.5 Å². The molecule has 128 valence electrons. The second-order valence-corrected chi connectivity index (χ2v) is 7.08. The third kappa shape index (κ3) is 2.48.